The van der Waals surface area contributed by atoms with Crippen LogP contribution in [-0.2, 0) is 12.3 Å². The molecule has 1 fully saturated rings. The Morgan fingerprint density at radius 1 is 1.05 bits per heavy atom. The van der Waals surface area contributed by atoms with E-state index in [4.69, 9.17) is 23.2 Å². The van der Waals surface area contributed by atoms with Gasteiger partial charge in [-0.15, -0.1) is 11.8 Å². The molecule has 110 valence electrons. The second-order valence-corrected chi connectivity index (χ2v) is 7.13. The van der Waals surface area contributed by atoms with Crippen LogP contribution in [0.25, 0.3) is 0 Å². The molecule has 0 bridgehead atoms. The van der Waals surface area contributed by atoms with Crippen LogP contribution in [-0.4, -0.2) is 6.04 Å². The molecule has 1 aliphatic rings. The Kier molecular flexibility index (Phi) is 5.12. The Morgan fingerprint density at radius 2 is 1.81 bits per heavy atom. The number of hydrogen-bond donors (Lipinski definition) is 1. The molecular formula is C17H17Cl2NS. The number of nitrogens with one attached hydrogen (secondary N) is 1. The maximum Gasteiger partial charge on any atom is 0.0632 e. The molecule has 1 saturated carbocycles. The highest BCUT2D eigenvalue weighted by Gasteiger charge is 2.19. The van der Waals surface area contributed by atoms with Crippen molar-refractivity contribution in [2.75, 3.05) is 0 Å². The topological polar surface area (TPSA) is 12.0 Å². The number of rotatable bonds is 6. The fraction of sp³-hybridized carbons (Fsp3) is 0.294. The first-order valence-electron chi connectivity index (χ1n) is 7.10. The van der Waals surface area contributed by atoms with Gasteiger partial charge in [0.15, 0.2) is 0 Å². The Balaban J connectivity index is 1.56. The maximum atomic E-state index is 6.21. The molecule has 0 aliphatic heterocycles. The Bertz CT molecular complexity index is 609. The van der Waals surface area contributed by atoms with Crippen molar-refractivity contribution < 1.29 is 0 Å². The highest BCUT2D eigenvalue weighted by molar-refractivity contribution is 7.98. The molecule has 4 heteroatoms. The summed E-state index contributed by atoms with van der Waals surface area (Å²) >= 11 is 14.0. The molecule has 0 spiro atoms. The third-order valence-electron chi connectivity index (χ3n) is 3.52. The summed E-state index contributed by atoms with van der Waals surface area (Å²) in [5, 5.41) is 4.81. The molecule has 0 unspecified atom stereocenters. The minimum Gasteiger partial charge on any atom is -0.310 e. The van der Waals surface area contributed by atoms with Gasteiger partial charge in [-0.3, -0.25) is 0 Å². The molecule has 0 radical (unpaired) electrons. The van der Waals surface area contributed by atoms with Crippen molar-refractivity contribution in [2.45, 2.75) is 36.1 Å². The van der Waals surface area contributed by atoms with Crippen LogP contribution in [0, 0.1) is 0 Å². The SMILES string of the molecule is Clc1cccc(CSc2ccc(CNC3CC3)cc2)c1Cl. The lowest BCUT2D eigenvalue weighted by Crippen LogP contribution is -2.14. The van der Waals surface area contributed by atoms with E-state index in [-0.39, 0.29) is 0 Å². The van der Waals surface area contributed by atoms with Crippen molar-refractivity contribution in [3.05, 3.63) is 63.6 Å². The number of halogens is 2. The van der Waals surface area contributed by atoms with Gasteiger partial charge < -0.3 is 5.32 Å². The van der Waals surface area contributed by atoms with E-state index < -0.39 is 0 Å². The van der Waals surface area contributed by atoms with Crippen LogP contribution in [0.3, 0.4) is 0 Å². The molecule has 2 aromatic carbocycles. The molecule has 21 heavy (non-hydrogen) atoms. The average molecular weight is 338 g/mol. The van der Waals surface area contributed by atoms with Gasteiger partial charge in [0, 0.05) is 23.2 Å². The second-order valence-electron chi connectivity index (χ2n) is 5.30. The first kappa shape index (κ1) is 15.2. The molecule has 1 N–H and O–H groups in total. The zero-order valence-electron chi connectivity index (χ0n) is 11.6. The fourth-order valence-electron chi connectivity index (χ4n) is 2.07. The monoisotopic (exact) mass is 337 g/mol. The van der Waals surface area contributed by atoms with Crippen molar-refractivity contribution in [3.8, 4) is 0 Å². The van der Waals surface area contributed by atoms with Crippen molar-refractivity contribution in [2.24, 2.45) is 0 Å². The van der Waals surface area contributed by atoms with Crippen LogP contribution in [0.15, 0.2) is 47.4 Å². The van der Waals surface area contributed by atoms with Crippen LogP contribution in [0.5, 0.6) is 0 Å². The standard InChI is InChI=1S/C17H17Cl2NS/c18-16-3-1-2-13(17(16)19)11-21-15-8-4-12(5-9-15)10-20-14-6-7-14/h1-5,8-9,14,20H,6-7,10-11H2. The third kappa shape index (κ3) is 4.40. The van der Waals surface area contributed by atoms with Crippen LogP contribution in [0.1, 0.15) is 24.0 Å². The van der Waals surface area contributed by atoms with E-state index in [1.54, 1.807) is 11.8 Å². The number of benzene rings is 2. The smallest absolute Gasteiger partial charge is 0.0632 e. The lowest BCUT2D eigenvalue weighted by Gasteiger charge is -2.07. The predicted octanol–water partition coefficient (Wildman–Crippen LogP) is 5.54. The molecular weight excluding hydrogens is 321 g/mol. The van der Waals surface area contributed by atoms with E-state index in [1.807, 2.05) is 18.2 Å². The summed E-state index contributed by atoms with van der Waals surface area (Å²) in [7, 11) is 0. The average Bonchev–Trinajstić information content (AvgIpc) is 3.32. The minimum absolute atomic E-state index is 0.622. The summed E-state index contributed by atoms with van der Waals surface area (Å²) in [5.41, 5.74) is 2.42. The van der Waals surface area contributed by atoms with E-state index in [0.29, 0.717) is 10.0 Å². The quantitative estimate of drug-likeness (QED) is 0.694. The molecule has 3 rings (SSSR count). The van der Waals surface area contributed by atoms with Gasteiger partial charge in [-0.25, -0.2) is 0 Å². The molecule has 0 amide bonds. The lowest BCUT2D eigenvalue weighted by atomic mass is 10.2. The number of hydrogen-bond acceptors (Lipinski definition) is 2. The summed E-state index contributed by atoms with van der Waals surface area (Å²) in [6.07, 6.45) is 2.66. The van der Waals surface area contributed by atoms with E-state index >= 15 is 0 Å². The van der Waals surface area contributed by atoms with Gasteiger partial charge >= 0.3 is 0 Å². The molecule has 1 aliphatic carbocycles. The Labute approximate surface area is 140 Å². The minimum atomic E-state index is 0.622. The molecule has 0 atom stereocenters. The maximum absolute atomic E-state index is 6.21. The highest BCUT2D eigenvalue weighted by atomic mass is 35.5. The zero-order valence-corrected chi connectivity index (χ0v) is 13.9. The summed E-state index contributed by atoms with van der Waals surface area (Å²) in [6, 6.07) is 15.3. The van der Waals surface area contributed by atoms with Crippen molar-refractivity contribution in [3.63, 3.8) is 0 Å². The van der Waals surface area contributed by atoms with Gasteiger partial charge in [0.25, 0.3) is 0 Å². The summed E-state index contributed by atoms with van der Waals surface area (Å²) in [5.74, 6) is 0.832. The first-order chi connectivity index (χ1) is 10.2. The largest absolute Gasteiger partial charge is 0.310 e. The third-order valence-corrected chi connectivity index (χ3v) is 5.44. The summed E-state index contributed by atoms with van der Waals surface area (Å²) in [6.45, 7) is 0.968. The molecule has 0 aromatic heterocycles. The van der Waals surface area contributed by atoms with Gasteiger partial charge in [-0.2, -0.15) is 0 Å². The van der Waals surface area contributed by atoms with Crippen LogP contribution in [0.2, 0.25) is 10.0 Å². The Morgan fingerprint density at radius 3 is 2.52 bits per heavy atom. The predicted molar refractivity (Wildman–Crippen MR) is 92.3 cm³/mol. The van der Waals surface area contributed by atoms with E-state index in [9.17, 15) is 0 Å². The normalized spacial score (nSPS) is 14.4. The van der Waals surface area contributed by atoms with Crippen molar-refractivity contribution in [1.29, 1.82) is 0 Å². The fourth-order valence-corrected chi connectivity index (χ4v) is 3.43. The first-order valence-corrected chi connectivity index (χ1v) is 8.84. The lowest BCUT2D eigenvalue weighted by molar-refractivity contribution is 0.687. The molecule has 0 saturated heterocycles. The van der Waals surface area contributed by atoms with Crippen LogP contribution < -0.4 is 5.32 Å². The number of thioether (sulfide) groups is 1. The van der Waals surface area contributed by atoms with Gasteiger partial charge in [0.05, 0.1) is 10.0 Å². The van der Waals surface area contributed by atoms with E-state index in [1.165, 1.54) is 23.3 Å². The highest BCUT2D eigenvalue weighted by Crippen LogP contribution is 2.31. The van der Waals surface area contributed by atoms with Crippen molar-refractivity contribution in [1.82, 2.24) is 5.32 Å². The van der Waals surface area contributed by atoms with Crippen molar-refractivity contribution >= 4 is 35.0 Å². The molecule has 1 nitrogen and oxygen atoms in total. The summed E-state index contributed by atoms with van der Waals surface area (Å²) < 4.78 is 0. The van der Waals surface area contributed by atoms with Gasteiger partial charge in [-0.1, -0.05) is 47.5 Å². The van der Waals surface area contributed by atoms with Gasteiger partial charge in [0.2, 0.25) is 0 Å². The zero-order chi connectivity index (χ0) is 14.7. The van der Waals surface area contributed by atoms with Crippen LogP contribution >= 0.6 is 35.0 Å². The molecule has 0 heterocycles. The second kappa shape index (κ2) is 7.06. The molecule has 2 aromatic rings. The van der Waals surface area contributed by atoms with Gasteiger partial charge in [-0.05, 0) is 42.2 Å². The van der Waals surface area contributed by atoms with Crippen LogP contribution in [0.4, 0.5) is 0 Å². The summed E-state index contributed by atoms with van der Waals surface area (Å²) in [4.78, 5) is 1.25. The van der Waals surface area contributed by atoms with E-state index in [0.717, 1.165) is 23.9 Å². The van der Waals surface area contributed by atoms with Gasteiger partial charge in [0.1, 0.15) is 0 Å². The van der Waals surface area contributed by atoms with E-state index in [2.05, 4.69) is 29.6 Å². The Hall–Kier alpha value is -0.670.